The fourth-order valence-corrected chi connectivity index (χ4v) is 4.19. The van der Waals surface area contributed by atoms with Crippen LogP contribution in [0.25, 0.3) is 11.0 Å². The van der Waals surface area contributed by atoms with Gasteiger partial charge in [0.25, 0.3) is 5.91 Å². The second-order valence-corrected chi connectivity index (χ2v) is 8.44. The van der Waals surface area contributed by atoms with E-state index >= 15 is 0 Å². The number of likely N-dealkylation sites (N-methyl/N-ethyl adjacent to an activating group) is 1. The van der Waals surface area contributed by atoms with Gasteiger partial charge in [-0.2, -0.15) is 0 Å². The molecule has 0 saturated carbocycles. The zero-order valence-electron chi connectivity index (χ0n) is 18.7. The molecule has 3 aromatic heterocycles. The van der Waals surface area contributed by atoms with E-state index in [0.29, 0.717) is 37.4 Å². The van der Waals surface area contributed by atoms with Gasteiger partial charge in [-0.3, -0.25) is 4.79 Å². The monoisotopic (exact) mass is 425 g/mol. The van der Waals surface area contributed by atoms with Gasteiger partial charge in [0.15, 0.2) is 11.6 Å². The molecule has 0 radical (unpaired) electrons. The van der Waals surface area contributed by atoms with Crippen molar-refractivity contribution in [3.63, 3.8) is 0 Å². The lowest BCUT2D eigenvalue weighted by atomic mass is 9.92. The van der Waals surface area contributed by atoms with Crippen LogP contribution in [0.1, 0.15) is 54.9 Å². The van der Waals surface area contributed by atoms with Gasteiger partial charge in [-0.1, -0.05) is 0 Å². The first-order valence-electron chi connectivity index (χ1n) is 10.9. The van der Waals surface area contributed by atoms with Crippen LogP contribution in [0, 0.1) is 0 Å². The molecule has 4 rings (SSSR count). The normalized spacial score (nSPS) is 15.2. The number of rotatable bonds is 7. The molecule has 1 amide bonds. The molecule has 8 nitrogen and oxygen atoms in total. The summed E-state index contributed by atoms with van der Waals surface area (Å²) in [5.74, 6) is 1.55. The van der Waals surface area contributed by atoms with Crippen molar-refractivity contribution in [3.8, 4) is 0 Å². The van der Waals surface area contributed by atoms with Gasteiger partial charge >= 0.3 is 0 Å². The molecule has 3 aromatic rings. The van der Waals surface area contributed by atoms with Crippen molar-refractivity contribution in [3.05, 3.63) is 42.2 Å². The van der Waals surface area contributed by atoms with Crippen LogP contribution in [-0.2, 0) is 4.74 Å². The third kappa shape index (κ3) is 4.30. The topological polar surface area (TPSA) is 76.6 Å². The van der Waals surface area contributed by atoms with Crippen molar-refractivity contribution in [2.24, 2.45) is 0 Å². The highest BCUT2D eigenvalue weighted by Gasteiger charge is 2.28. The molecule has 0 N–H and O–H groups in total. The van der Waals surface area contributed by atoms with Crippen LogP contribution in [-0.4, -0.2) is 65.7 Å². The fraction of sp³-hybridized carbons (Fsp3) is 0.522. The van der Waals surface area contributed by atoms with Crippen molar-refractivity contribution in [2.45, 2.75) is 38.6 Å². The van der Waals surface area contributed by atoms with E-state index in [-0.39, 0.29) is 5.91 Å². The summed E-state index contributed by atoms with van der Waals surface area (Å²) in [4.78, 5) is 26.3. The van der Waals surface area contributed by atoms with E-state index in [1.54, 1.807) is 25.5 Å². The molecular formula is C23H31N5O3. The third-order valence-electron chi connectivity index (χ3n) is 6.04. The lowest BCUT2D eigenvalue weighted by Crippen LogP contribution is -2.38. The van der Waals surface area contributed by atoms with E-state index < -0.39 is 0 Å². The summed E-state index contributed by atoms with van der Waals surface area (Å²) in [6.07, 6.45) is 5.20. The van der Waals surface area contributed by atoms with Crippen molar-refractivity contribution in [1.82, 2.24) is 19.4 Å². The molecule has 4 heterocycles. The van der Waals surface area contributed by atoms with Crippen LogP contribution < -0.4 is 4.90 Å². The number of pyridine rings is 1. The average Bonchev–Trinajstić information content (AvgIpc) is 3.46. The number of amides is 1. The first-order valence-corrected chi connectivity index (χ1v) is 10.9. The molecule has 0 atom stereocenters. The summed E-state index contributed by atoms with van der Waals surface area (Å²) in [6, 6.07) is 5.97. The number of imidazole rings is 1. The minimum atomic E-state index is -0.0373. The fourth-order valence-electron chi connectivity index (χ4n) is 4.19. The molecule has 1 fully saturated rings. The van der Waals surface area contributed by atoms with Crippen molar-refractivity contribution >= 4 is 22.8 Å². The van der Waals surface area contributed by atoms with Gasteiger partial charge in [0.1, 0.15) is 5.52 Å². The molecule has 1 aliphatic rings. The summed E-state index contributed by atoms with van der Waals surface area (Å²) in [5.41, 5.74) is 3.09. The summed E-state index contributed by atoms with van der Waals surface area (Å²) in [7, 11) is 3.74. The first kappa shape index (κ1) is 21.4. The van der Waals surface area contributed by atoms with Crippen LogP contribution in [0.15, 0.2) is 35.2 Å². The highest BCUT2D eigenvalue weighted by molar-refractivity contribution is 5.91. The highest BCUT2D eigenvalue weighted by atomic mass is 16.5. The zero-order valence-corrected chi connectivity index (χ0v) is 18.7. The molecule has 166 valence electrons. The molecule has 0 unspecified atom stereocenters. The van der Waals surface area contributed by atoms with E-state index in [9.17, 15) is 4.79 Å². The van der Waals surface area contributed by atoms with Gasteiger partial charge in [-0.05, 0) is 44.9 Å². The van der Waals surface area contributed by atoms with Gasteiger partial charge in [-0.15, -0.1) is 0 Å². The molecule has 8 heteroatoms. The number of furan rings is 1. The summed E-state index contributed by atoms with van der Waals surface area (Å²) in [6.45, 7) is 7.09. The lowest BCUT2D eigenvalue weighted by Gasteiger charge is -2.31. The van der Waals surface area contributed by atoms with E-state index in [1.807, 2.05) is 18.3 Å². The molecule has 0 spiro atoms. The van der Waals surface area contributed by atoms with E-state index in [1.165, 1.54) is 0 Å². The Morgan fingerprint density at radius 3 is 2.77 bits per heavy atom. The number of anilines is 1. The Bertz CT molecular complexity index is 1020. The molecule has 0 aliphatic carbocycles. The number of hydrogen-bond acceptors (Lipinski definition) is 6. The van der Waals surface area contributed by atoms with E-state index in [0.717, 1.165) is 41.9 Å². The maximum Gasteiger partial charge on any atom is 0.289 e. The van der Waals surface area contributed by atoms with Crippen molar-refractivity contribution in [2.75, 3.05) is 45.3 Å². The van der Waals surface area contributed by atoms with Crippen molar-refractivity contribution < 1.29 is 13.9 Å². The van der Waals surface area contributed by atoms with Crippen LogP contribution in [0.4, 0.5) is 5.82 Å². The lowest BCUT2D eigenvalue weighted by molar-refractivity contribution is 0.0680. The predicted octanol–water partition coefficient (Wildman–Crippen LogP) is 3.71. The second-order valence-electron chi connectivity index (χ2n) is 8.44. The van der Waals surface area contributed by atoms with Crippen molar-refractivity contribution in [1.29, 1.82) is 0 Å². The average molecular weight is 426 g/mol. The number of carbonyl (C=O) groups is 1. The van der Waals surface area contributed by atoms with Gasteiger partial charge in [0.2, 0.25) is 0 Å². The van der Waals surface area contributed by atoms with E-state index in [2.05, 4.69) is 34.4 Å². The number of piperidine rings is 1. The van der Waals surface area contributed by atoms with Gasteiger partial charge < -0.3 is 23.5 Å². The molecule has 0 bridgehead atoms. The Hall–Kier alpha value is -2.87. The Labute approximate surface area is 182 Å². The molecule has 0 aromatic carbocycles. The Morgan fingerprint density at radius 2 is 2.13 bits per heavy atom. The molecule has 31 heavy (non-hydrogen) atoms. The van der Waals surface area contributed by atoms with Crippen LogP contribution in [0.3, 0.4) is 0 Å². The van der Waals surface area contributed by atoms with Crippen LogP contribution in [0.2, 0.25) is 0 Å². The quantitative estimate of drug-likeness (QED) is 0.574. The van der Waals surface area contributed by atoms with Crippen LogP contribution >= 0.6 is 0 Å². The number of hydrogen-bond donors (Lipinski definition) is 0. The second kappa shape index (κ2) is 9.09. The van der Waals surface area contributed by atoms with Crippen LogP contribution in [0.5, 0.6) is 0 Å². The first-order chi connectivity index (χ1) is 15.0. The Balaban J connectivity index is 1.60. The number of likely N-dealkylation sites (tertiary alicyclic amines) is 1. The maximum absolute atomic E-state index is 12.6. The maximum atomic E-state index is 12.6. The third-order valence-corrected chi connectivity index (χ3v) is 6.04. The summed E-state index contributed by atoms with van der Waals surface area (Å²) >= 11 is 0. The largest absolute Gasteiger partial charge is 0.459 e. The van der Waals surface area contributed by atoms with E-state index in [4.69, 9.17) is 14.1 Å². The zero-order chi connectivity index (χ0) is 22.0. The highest BCUT2D eigenvalue weighted by Crippen LogP contribution is 2.33. The summed E-state index contributed by atoms with van der Waals surface area (Å²) < 4.78 is 12.7. The summed E-state index contributed by atoms with van der Waals surface area (Å²) in [5, 5.41) is 0. The van der Waals surface area contributed by atoms with Gasteiger partial charge in [-0.25, -0.2) is 9.97 Å². The molecular weight excluding hydrogens is 394 g/mol. The number of nitrogens with zero attached hydrogens (tertiary/aromatic N) is 5. The number of methoxy groups -OCH3 is 1. The number of carbonyl (C=O) groups excluding carboxylic acids is 1. The predicted molar refractivity (Wildman–Crippen MR) is 120 cm³/mol. The minimum Gasteiger partial charge on any atom is -0.459 e. The smallest absolute Gasteiger partial charge is 0.289 e. The molecule has 1 aliphatic heterocycles. The van der Waals surface area contributed by atoms with Gasteiger partial charge in [0, 0.05) is 51.4 Å². The van der Waals surface area contributed by atoms with Gasteiger partial charge in [0.05, 0.1) is 24.7 Å². The standard InChI is InChI=1S/C23H31N5O3/c1-16(2)28-15-24-21-19(28)14-18(25-22(21)26(3)11-13-30-4)17-7-9-27(10-8-17)23(29)20-6-5-12-31-20/h5-6,12,14-17H,7-11,13H2,1-4H3. The molecule has 1 saturated heterocycles. The Kier molecular flexibility index (Phi) is 6.27. The SMILES string of the molecule is COCCN(C)c1nc(C2CCN(C(=O)c3ccco3)CC2)cc2c1ncn2C(C)C. The number of aromatic nitrogens is 3. The Morgan fingerprint density at radius 1 is 1.35 bits per heavy atom. The number of fused-ring (bicyclic) bond motifs is 1. The number of ether oxygens (including phenoxy) is 1. The minimum absolute atomic E-state index is 0.0373.